The van der Waals surface area contributed by atoms with Crippen molar-refractivity contribution in [2.75, 3.05) is 0 Å². The molecule has 31 heavy (non-hydrogen) atoms. The third-order valence-electron chi connectivity index (χ3n) is 6.09. The molecule has 1 aliphatic carbocycles. The van der Waals surface area contributed by atoms with Crippen molar-refractivity contribution in [3.05, 3.63) is 12.2 Å². The van der Waals surface area contributed by atoms with Gasteiger partial charge in [0.2, 0.25) is 0 Å². The van der Waals surface area contributed by atoms with Gasteiger partial charge in [0.15, 0.2) is 0 Å². The lowest BCUT2D eigenvalue weighted by atomic mass is 9.90. The highest BCUT2D eigenvalue weighted by Crippen LogP contribution is 2.38. The molecule has 0 nitrogen and oxygen atoms in total. The minimum Gasteiger partial charge on any atom is -0.0914 e. The van der Waals surface area contributed by atoms with Gasteiger partial charge < -0.3 is 0 Å². The fourth-order valence-electron chi connectivity index (χ4n) is 4.33. The molecule has 0 radical (unpaired) electrons. The first kappa shape index (κ1) is 38.0. The quantitative estimate of drug-likeness (QED) is 0.280. The fourth-order valence-corrected chi connectivity index (χ4v) is 4.33. The van der Waals surface area contributed by atoms with Crippen LogP contribution in [-0.4, -0.2) is 0 Å². The van der Waals surface area contributed by atoms with Gasteiger partial charge in [-0.2, -0.15) is 0 Å². The van der Waals surface area contributed by atoms with Crippen LogP contribution in [-0.2, 0) is 0 Å². The molecule has 0 aromatic carbocycles. The molecular formula is C31H68. The summed E-state index contributed by atoms with van der Waals surface area (Å²) in [5, 5.41) is 0. The maximum atomic E-state index is 2.42. The fraction of sp³-hybridized carbons (Fsp3) is 0.935. The molecule has 0 N–H and O–H groups in total. The van der Waals surface area contributed by atoms with Crippen molar-refractivity contribution in [2.45, 2.75) is 167 Å². The topological polar surface area (TPSA) is 0 Å². The molecule has 0 heterocycles. The van der Waals surface area contributed by atoms with Crippen molar-refractivity contribution in [1.29, 1.82) is 0 Å². The molecule has 0 aliphatic heterocycles. The van der Waals surface area contributed by atoms with Crippen molar-refractivity contribution < 1.29 is 0 Å². The van der Waals surface area contributed by atoms with E-state index < -0.39 is 0 Å². The third-order valence-corrected chi connectivity index (χ3v) is 6.09. The Bertz CT molecular complexity index is 286. The second kappa shape index (κ2) is 34.4. The van der Waals surface area contributed by atoms with Crippen LogP contribution in [0, 0.1) is 23.7 Å². The van der Waals surface area contributed by atoms with Crippen LogP contribution >= 0.6 is 0 Å². The smallest absolute Gasteiger partial charge is 0.0234 e. The highest BCUT2D eigenvalue weighted by Gasteiger charge is 2.25. The Balaban J connectivity index is -0.000000204. The first-order valence-electron chi connectivity index (χ1n) is 14.7. The molecule has 3 unspecified atom stereocenters. The van der Waals surface area contributed by atoms with E-state index in [0.29, 0.717) is 0 Å². The summed E-state index contributed by atoms with van der Waals surface area (Å²) in [6.45, 7) is 25.9. The van der Waals surface area contributed by atoms with E-state index in [1.807, 2.05) is 27.7 Å². The molecule has 1 fully saturated rings. The lowest BCUT2D eigenvalue weighted by Crippen LogP contribution is -2.04. The van der Waals surface area contributed by atoms with Gasteiger partial charge >= 0.3 is 0 Å². The van der Waals surface area contributed by atoms with E-state index in [1.54, 1.807) is 0 Å². The molecule has 0 aromatic rings. The summed E-state index contributed by atoms with van der Waals surface area (Å²) in [6.07, 6.45) is 23.0. The Morgan fingerprint density at radius 3 is 1.61 bits per heavy atom. The van der Waals surface area contributed by atoms with E-state index in [4.69, 9.17) is 0 Å². The minimum atomic E-state index is 0.847. The summed E-state index contributed by atoms with van der Waals surface area (Å²) in [6, 6.07) is 0. The van der Waals surface area contributed by atoms with Crippen molar-refractivity contribution >= 4 is 0 Å². The normalized spacial score (nSPS) is 18.0. The molecule has 192 valence electrons. The van der Waals surface area contributed by atoms with Gasteiger partial charge in [0.25, 0.3) is 0 Å². The van der Waals surface area contributed by atoms with Crippen LogP contribution in [0.2, 0.25) is 0 Å². The summed E-state index contributed by atoms with van der Waals surface area (Å²) in [5.74, 6) is 3.94. The van der Waals surface area contributed by atoms with E-state index in [2.05, 4.69) is 67.5 Å². The Hall–Kier alpha value is -0.260. The number of rotatable bonds is 11. The van der Waals surface area contributed by atoms with E-state index in [9.17, 15) is 0 Å². The third kappa shape index (κ3) is 27.7. The molecule has 0 saturated heterocycles. The van der Waals surface area contributed by atoms with Crippen molar-refractivity contribution in [3.63, 3.8) is 0 Å². The second-order valence-corrected chi connectivity index (χ2v) is 8.80. The van der Waals surface area contributed by atoms with Gasteiger partial charge in [0, 0.05) is 0 Å². The van der Waals surface area contributed by atoms with Crippen LogP contribution in [0.1, 0.15) is 167 Å². The van der Waals surface area contributed by atoms with Gasteiger partial charge in [-0.15, -0.1) is 0 Å². The number of allylic oxidation sites excluding steroid dienone is 2. The van der Waals surface area contributed by atoms with E-state index in [0.717, 1.165) is 23.7 Å². The van der Waals surface area contributed by atoms with E-state index >= 15 is 0 Å². The van der Waals surface area contributed by atoms with Gasteiger partial charge in [-0.25, -0.2) is 0 Å². The molecule has 0 bridgehead atoms. The van der Waals surface area contributed by atoms with Crippen molar-refractivity contribution in [3.8, 4) is 0 Å². The van der Waals surface area contributed by atoms with Gasteiger partial charge in [0.05, 0.1) is 0 Å². The second-order valence-electron chi connectivity index (χ2n) is 8.80. The maximum absolute atomic E-state index is 2.42. The Labute approximate surface area is 202 Å². The predicted molar refractivity (Wildman–Crippen MR) is 151 cm³/mol. The average Bonchev–Trinajstić information content (AvgIpc) is 3.26. The average molecular weight is 441 g/mol. The van der Waals surface area contributed by atoms with Crippen LogP contribution in [0.3, 0.4) is 0 Å². The van der Waals surface area contributed by atoms with Gasteiger partial charge in [0.1, 0.15) is 0 Å². The summed E-state index contributed by atoms with van der Waals surface area (Å²) < 4.78 is 0. The summed E-state index contributed by atoms with van der Waals surface area (Å²) in [7, 11) is 0. The molecule has 0 aromatic heterocycles. The molecular weight excluding hydrogens is 372 g/mol. The summed E-state index contributed by atoms with van der Waals surface area (Å²) in [4.78, 5) is 0. The number of hydrogen-bond donors (Lipinski definition) is 0. The van der Waals surface area contributed by atoms with E-state index in [1.165, 1.54) is 83.5 Å². The Kier molecular flexibility index (Phi) is 42.1. The molecule has 1 rings (SSSR count). The molecule has 0 spiro atoms. The highest BCUT2D eigenvalue weighted by molar-refractivity contribution is 4.88. The zero-order valence-corrected chi connectivity index (χ0v) is 24.7. The number of hydrogen-bond acceptors (Lipinski definition) is 0. The van der Waals surface area contributed by atoms with E-state index in [-0.39, 0.29) is 0 Å². The van der Waals surface area contributed by atoms with Crippen LogP contribution in [0.15, 0.2) is 12.2 Å². The summed E-state index contributed by atoms with van der Waals surface area (Å²) in [5.41, 5.74) is 0. The largest absolute Gasteiger partial charge is 0.0914 e. The molecule has 0 amide bonds. The minimum absolute atomic E-state index is 0.847. The SMILES string of the molecule is CC.CC.CC=CC(CC)CC1CCC(CCCC)C1.CCC.CCCC(CC)CC. The molecule has 1 aliphatic rings. The van der Waals surface area contributed by atoms with Crippen LogP contribution < -0.4 is 0 Å². The number of unbranched alkanes of at least 4 members (excludes halogenated alkanes) is 1. The van der Waals surface area contributed by atoms with Gasteiger partial charge in [-0.1, -0.05) is 153 Å². The van der Waals surface area contributed by atoms with Gasteiger partial charge in [-0.3, -0.25) is 0 Å². The Morgan fingerprint density at radius 1 is 0.742 bits per heavy atom. The van der Waals surface area contributed by atoms with Crippen LogP contribution in [0.25, 0.3) is 0 Å². The zero-order chi connectivity index (χ0) is 24.9. The molecule has 3 atom stereocenters. The molecule has 0 heteroatoms. The monoisotopic (exact) mass is 441 g/mol. The highest BCUT2D eigenvalue weighted by atomic mass is 14.3. The van der Waals surface area contributed by atoms with Crippen LogP contribution in [0.4, 0.5) is 0 Å². The van der Waals surface area contributed by atoms with Gasteiger partial charge in [-0.05, 0) is 49.9 Å². The maximum Gasteiger partial charge on any atom is -0.0234 e. The summed E-state index contributed by atoms with van der Waals surface area (Å²) >= 11 is 0. The standard InChI is InChI=1S/C16H30.C8H18.C3H8.2C2H6/c1-4-7-9-15-10-11-16(13-15)12-14(6-3)8-5-2;1-4-7-8(5-2)6-3;1-3-2;2*1-2/h5,8,14-16H,4,6-7,9-13H2,1-3H3;8H,4-7H2,1-3H3;3H2,1-2H3;2*1-2H3. The van der Waals surface area contributed by atoms with Crippen molar-refractivity contribution in [1.82, 2.24) is 0 Å². The lowest BCUT2D eigenvalue weighted by molar-refractivity contribution is 0.391. The van der Waals surface area contributed by atoms with Crippen LogP contribution in [0.5, 0.6) is 0 Å². The zero-order valence-electron chi connectivity index (χ0n) is 24.7. The van der Waals surface area contributed by atoms with Crippen molar-refractivity contribution in [2.24, 2.45) is 23.7 Å². The predicted octanol–water partition coefficient (Wildman–Crippen LogP) is 12.3. The first-order chi connectivity index (χ1) is 15.1. The first-order valence-corrected chi connectivity index (χ1v) is 14.7. The Morgan fingerprint density at radius 2 is 1.26 bits per heavy atom. The molecule has 1 saturated carbocycles. The lowest BCUT2D eigenvalue weighted by Gasteiger charge is -2.16.